The number of rotatable bonds is 3. The van der Waals surface area contributed by atoms with Crippen LogP contribution in [0.3, 0.4) is 0 Å². The molecule has 2 heterocycles. The highest BCUT2D eigenvalue weighted by atomic mass is 16.2. The fourth-order valence-corrected chi connectivity index (χ4v) is 2.97. The number of imide groups is 1. The molecule has 5 heteroatoms. The van der Waals surface area contributed by atoms with Crippen molar-refractivity contribution in [2.45, 2.75) is 24.9 Å². The molecule has 2 aliphatic rings. The number of nitrogens with one attached hydrogen (secondary N) is 1. The maximum absolute atomic E-state index is 12.4. The Morgan fingerprint density at radius 2 is 1.95 bits per heavy atom. The summed E-state index contributed by atoms with van der Waals surface area (Å²) in [5, 5.41) is 3.33. The van der Waals surface area contributed by atoms with Crippen molar-refractivity contribution in [1.29, 1.82) is 0 Å². The van der Waals surface area contributed by atoms with Gasteiger partial charge in [-0.3, -0.25) is 9.59 Å². The molecule has 0 spiro atoms. The molecule has 0 aromatic heterocycles. The maximum atomic E-state index is 12.4. The molecule has 0 aliphatic carbocycles. The van der Waals surface area contributed by atoms with Gasteiger partial charge in [0, 0.05) is 12.6 Å². The highest BCUT2D eigenvalue weighted by Crippen LogP contribution is 2.23. The van der Waals surface area contributed by atoms with Crippen molar-refractivity contribution in [2.75, 3.05) is 25.0 Å². The van der Waals surface area contributed by atoms with Crippen molar-refractivity contribution in [3.8, 4) is 0 Å². The van der Waals surface area contributed by atoms with Gasteiger partial charge in [-0.2, -0.15) is 0 Å². The van der Waals surface area contributed by atoms with E-state index in [0.29, 0.717) is 11.7 Å². The average molecular weight is 273 g/mol. The number of amides is 2. The molecule has 2 unspecified atom stereocenters. The standard InChI is InChI=1S/C15H19N3O2/c1-17-8-7-11(10-17)16-13-9-14(19)18(15(13)20)12-5-3-2-4-6-12/h2-6,11,13,16H,7-10H2,1H3. The van der Waals surface area contributed by atoms with E-state index in [1.54, 1.807) is 12.1 Å². The average Bonchev–Trinajstić information content (AvgIpc) is 2.96. The van der Waals surface area contributed by atoms with Gasteiger partial charge < -0.3 is 10.2 Å². The molecule has 2 aliphatic heterocycles. The first-order valence-electron chi connectivity index (χ1n) is 7.01. The molecule has 0 saturated carbocycles. The van der Waals surface area contributed by atoms with Gasteiger partial charge in [0.05, 0.1) is 18.2 Å². The number of likely N-dealkylation sites (tertiary alicyclic amines) is 1. The summed E-state index contributed by atoms with van der Waals surface area (Å²) in [6.07, 6.45) is 1.29. The summed E-state index contributed by atoms with van der Waals surface area (Å²) in [6, 6.07) is 9.06. The second kappa shape index (κ2) is 5.34. The molecule has 0 radical (unpaired) electrons. The molecule has 1 N–H and O–H groups in total. The topological polar surface area (TPSA) is 52.7 Å². The van der Waals surface area contributed by atoms with Crippen LogP contribution in [0.1, 0.15) is 12.8 Å². The zero-order valence-electron chi connectivity index (χ0n) is 11.6. The van der Waals surface area contributed by atoms with Crippen molar-refractivity contribution in [3.05, 3.63) is 30.3 Å². The van der Waals surface area contributed by atoms with E-state index in [-0.39, 0.29) is 24.3 Å². The normalized spacial score (nSPS) is 27.6. The van der Waals surface area contributed by atoms with Crippen molar-refractivity contribution >= 4 is 17.5 Å². The monoisotopic (exact) mass is 273 g/mol. The largest absolute Gasteiger partial charge is 0.305 e. The third kappa shape index (κ3) is 2.46. The Bertz CT molecular complexity index is 517. The predicted molar refractivity (Wildman–Crippen MR) is 76.4 cm³/mol. The lowest BCUT2D eigenvalue weighted by atomic mass is 10.2. The number of benzene rings is 1. The number of likely N-dealkylation sites (N-methyl/N-ethyl adjacent to an activating group) is 1. The second-order valence-electron chi connectivity index (χ2n) is 5.57. The lowest BCUT2D eigenvalue weighted by Crippen LogP contribution is -2.44. The smallest absolute Gasteiger partial charge is 0.251 e. The Labute approximate surface area is 118 Å². The van der Waals surface area contributed by atoms with Gasteiger partial charge in [0.2, 0.25) is 5.91 Å². The second-order valence-corrected chi connectivity index (χ2v) is 5.57. The molecule has 0 bridgehead atoms. The number of carbonyl (C=O) groups is 2. The quantitative estimate of drug-likeness (QED) is 0.820. The molecule has 5 nitrogen and oxygen atoms in total. The van der Waals surface area contributed by atoms with Crippen molar-refractivity contribution in [1.82, 2.24) is 10.2 Å². The van der Waals surface area contributed by atoms with Crippen molar-refractivity contribution in [3.63, 3.8) is 0 Å². The Morgan fingerprint density at radius 3 is 2.60 bits per heavy atom. The lowest BCUT2D eigenvalue weighted by molar-refractivity contribution is -0.121. The van der Waals surface area contributed by atoms with Crippen LogP contribution in [0, 0.1) is 0 Å². The Balaban J connectivity index is 1.71. The van der Waals surface area contributed by atoms with Crippen LogP contribution < -0.4 is 10.2 Å². The van der Waals surface area contributed by atoms with E-state index in [4.69, 9.17) is 0 Å². The van der Waals surface area contributed by atoms with Crippen LogP contribution in [0.4, 0.5) is 5.69 Å². The van der Waals surface area contributed by atoms with Gasteiger partial charge in [-0.25, -0.2) is 4.90 Å². The number of carbonyl (C=O) groups excluding carboxylic acids is 2. The minimum Gasteiger partial charge on any atom is -0.305 e. The van der Waals surface area contributed by atoms with Gasteiger partial charge in [-0.1, -0.05) is 18.2 Å². The highest BCUT2D eigenvalue weighted by molar-refractivity contribution is 6.22. The molecule has 2 fully saturated rings. The highest BCUT2D eigenvalue weighted by Gasteiger charge is 2.40. The summed E-state index contributed by atoms with van der Waals surface area (Å²) in [5.41, 5.74) is 0.662. The van der Waals surface area contributed by atoms with Crippen LogP contribution >= 0.6 is 0 Å². The molecular formula is C15H19N3O2. The van der Waals surface area contributed by atoms with E-state index in [9.17, 15) is 9.59 Å². The molecule has 1 aromatic rings. The third-order valence-electron chi connectivity index (χ3n) is 3.99. The first kappa shape index (κ1) is 13.3. The Kier molecular flexibility index (Phi) is 3.54. The lowest BCUT2D eigenvalue weighted by Gasteiger charge is -2.18. The number of hydrogen-bond acceptors (Lipinski definition) is 4. The van der Waals surface area contributed by atoms with Crippen molar-refractivity contribution < 1.29 is 9.59 Å². The van der Waals surface area contributed by atoms with Gasteiger partial charge in [0.25, 0.3) is 5.91 Å². The molecule has 1 aromatic carbocycles. The first-order valence-corrected chi connectivity index (χ1v) is 7.01. The van der Waals surface area contributed by atoms with Crippen molar-refractivity contribution in [2.24, 2.45) is 0 Å². The fourth-order valence-electron chi connectivity index (χ4n) is 2.97. The Morgan fingerprint density at radius 1 is 1.20 bits per heavy atom. The summed E-state index contributed by atoms with van der Waals surface area (Å²) in [7, 11) is 2.07. The molecule has 2 atom stereocenters. The molecule has 2 saturated heterocycles. The first-order chi connectivity index (χ1) is 9.65. The molecule has 3 rings (SSSR count). The summed E-state index contributed by atoms with van der Waals surface area (Å²) in [5.74, 6) is -0.249. The molecule has 20 heavy (non-hydrogen) atoms. The van der Waals surface area contributed by atoms with Gasteiger partial charge in [0.15, 0.2) is 0 Å². The van der Waals surface area contributed by atoms with Crippen LogP contribution in [0.5, 0.6) is 0 Å². The zero-order valence-corrected chi connectivity index (χ0v) is 11.6. The van der Waals surface area contributed by atoms with Crippen LogP contribution in [0.2, 0.25) is 0 Å². The molecule has 2 amide bonds. The van der Waals surface area contributed by atoms with Gasteiger partial charge in [0.1, 0.15) is 0 Å². The fraction of sp³-hybridized carbons (Fsp3) is 0.467. The number of hydrogen-bond donors (Lipinski definition) is 1. The van der Waals surface area contributed by atoms with Crippen LogP contribution in [-0.4, -0.2) is 48.9 Å². The van der Waals surface area contributed by atoms with Gasteiger partial charge in [-0.15, -0.1) is 0 Å². The van der Waals surface area contributed by atoms with Crippen LogP contribution in [0.25, 0.3) is 0 Å². The summed E-state index contributed by atoms with van der Waals surface area (Å²) >= 11 is 0. The summed E-state index contributed by atoms with van der Waals surface area (Å²) in [4.78, 5) is 28.0. The number of para-hydroxylation sites is 1. The van der Waals surface area contributed by atoms with E-state index in [1.165, 1.54) is 4.90 Å². The van der Waals surface area contributed by atoms with E-state index >= 15 is 0 Å². The van der Waals surface area contributed by atoms with Crippen LogP contribution in [-0.2, 0) is 9.59 Å². The molecular weight excluding hydrogens is 254 g/mol. The Hall–Kier alpha value is -1.72. The minimum absolute atomic E-state index is 0.120. The van der Waals surface area contributed by atoms with E-state index in [1.807, 2.05) is 18.2 Å². The molecule has 106 valence electrons. The zero-order chi connectivity index (χ0) is 14.1. The van der Waals surface area contributed by atoms with Gasteiger partial charge in [-0.05, 0) is 32.1 Å². The number of nitrogens with zero attached hydrogens (tertiary/aromatic N) is 2. The van der Waals surface area contributed by atoms with Crippen LogP contribution in [0.15, 0.2) is 30.3 Å². The van der Waals surface area contributed by atoms with E-state index in [0.717, 1.165) is 19.5 Å². The van der Waals surface area contributed by atoms with Gasteiger partial charge >= 0.3 is 0 Å². The SMILES string of the molecule is CN1CCC(NC2CC(=O)N(c3ccccc3)C2=O)C1. The minimum atomic E-state index is -0.376. The summed E-state index contributed by atoms with van der Waals surface area (Å²) < 4.78 is 0. The van der Waals surface area contributed by atoms with E-state index < -0.39 is 0 Å². The third-order valence-corrected chi connectivity index (χ3v) is 3.99. The number of anilines is 1. The summed E-state index contributed by atoms with van der Waals surface area (Å²) in [6.45, 7) is 1.97. The predicted octanol–water partition coefficient (Wildman–Crippen LogP) is 0.612. The maximum Gasteiger partial charge on any atom is 0.251 e. The van der Waals surface area contributed by atoms with E-state index in [2.05, 4.69) is 17.3 Å².